The Morgan fingerprint density at radius 3 is 2.79 bits per heavy atom. The molecule has 128 valence electrons. The van der Waals surface area contributed by atoms with Crippen LogP contribution in [0.15, 0.2) is 35.3 Å². The van der Waals surface area contributed by atoms with Crippen molar-refractivity contribution >= 4 is 17.5 Å². The third-order valence-corrected chi connectivity index (χ3v) is 4.39. The summed E-state index contributed by atoms with van der Waals surface area (Å²) in [5, 5.41) is 2.86. The van der Waals surface area contributed by atoms with E-state index in [9.17, 15) is 9.59 Å². The zero-order chi connectivity index (χ0) is 17.2. The molecule has 6 heteroatoms. The van der Waals surface area contributed by atoms with E-state index in [1.54, 1.807) is 0 Å². The summed E-state index contributed by atoms with van der Waals surface area (Å²) < 4.78 is 5.49. The molecule has 6 nitrogen and oxygen atoms in total. The molecule has 0 radical (unpaired) electrons. The Balaban J connectivity index is 1.63. The predicted octanol–water partition coefficient (Wildman–Crippen LogP) is 1.35. The van der Waals surface area contributed by atoms with Crippen molar-refractivity contribution in [3.63, 3.8) is 0 Å². The molecule has 0 spiro atoms. The number of carbonyl (C=O) groups excluding carboxylic acids is 2. The van der Waals surface area contributed by atoms with Gasteiger partial charge in [0.15, 0.2) is 0 Å². The molecule has 0 aliphatic carbocycles. The Morgan fingerprint density at radius 2 is 2.12 bits per heavy atom. The fraction of sp³-hybridized carbons (Fsp3) is 0.500. The second kappa shape index (κ2) is 6.73. The van der Waals surface area contributed by atoms with Crippen molar-refractivity contribution in [2.75, 3.05) is 19.7 Å². The zero-order valence-corrected chi connectivity index (χ0v) is 14.1. The lowest BCUT2D eigenvalue weighted by atomic mass is 10.1. The average molecular weight is 329 g/mol. The highest BCUT2D eigenvalue weighted by atomic mass is 16.5. The van der Waals surface area contributed by atoms with Gasteiger partial charge in [-0.2, -0.15) is 0 Å². The number of ether oxygens (including phenoxy) is 1. The monoisotopic (exact) mass is 329 g/mol. The van der Waals surface area contributed by atoms with Gasteiger partial charge in [0.25, 0.3) is 5.91 Å². The third kappa shape index (κ3) is 3.48. The normalized spacial score (nSPS) is 22.6. The van der Waals surface area contributed by atoms with Gasteiger partial charge < -0.3 is 15.0 Å². The van der Waals surface area contributed by atoms with Gasteiger partial charge in [0.05, 0.1) is 6.10 Å². The SMILES string of the molecule is CC1(C)N=C(c2ccccc2)C(=O)N1CC(=O)NCC1CCCO1. The molecule has 1 aromatic rings. The summed E-state index contributed by atoms with van der Waals surface area (Å²) in [4.78, 5) is 31.0. The summed E-state index contributed by atoms with van der Waals surface area (Å²) in [5.74, 6) is -0.394. The van der Waals surface area contributed by atoms with Crippen LogP contribution < -0.4 is 5.32 Å². The van der Waals surface area contributed by atoms with Crippen LogP contribution in [0.25, 0.3) is 0 Å². The molecule has 2 amide bonds. The van der Waals surface area contributed by atoms with Gasteiger partial charge in [0, 0.05) is 18.7 Å². The topological polar surface area (TPSA) is 71.0 Å². The van der Waals surface area contributed by atoms with Gasteiger partial charge >= 0.3 is 0 Å². The van der Waals surface area contributed by atoms with E-state index in [-0.39, 0.29) is 24.5 Å². The molecule has 1 atom stereocenters. The Kier molecular flexibility index (Phi) is 4.66. The number of rotatable bonds is 5. The maximum absolute atomic E-state index is 12.7. The molecule has 1 saturated heterocycles. The van der Waals surface area contributed by atoms with Gasteiger partial charge in [0.1, 0.15) is 17.9 Å². The van der Waals surface area contributed by atoms with E-state index in [1.165, 1.54) is 4.90 Å². The zero-order valence-electron chi connectivity index (χ0n) is 14.1. The van der Waals surface area contributed by atoms with Crippen LogP contribution in [0.2, 0.25) is 0 Å². The Bertz CT molecular complexity index is 649. The molecule has 1 aromatic carbocycles. The van der Waals surface area contributed by atoms with Crippen LogP contribution in [0.5, 0.6) is 0 Å². The molecule has 2 aliphatic rings. The maximum Gasteiger partial charge on any atom is 0.275 e. The quantitative estimate of drug-likeness (QED) is 0.886. The van der Waals surface area contributed by atoms with Crippen LogP contribution in [0.1, 0.15) is 32.3 Å². The fourth-order valence-corrected chi connectivity index (χ4v) is 3.04. The lowest BCUT2D eigenvalue weighted by molar-refractivity contribution is -0.134. The van der Waals surface area contributed by atoms with Crippen LogP contribution >= 0.6 is 0 Å². The summed E-state index contributed by atoms with van der Waals surface area (Å²) in [7, 11) is 0. The van der Waals surface area contributed by atoms with Crippen LogP contribution in [0, 0.1) is 0 Å². The molecule has 1 N–H and O–H groups in total. The number of amides is 2. The van der Waals surface area contributed by atoms with Gasteiger partial charge in [0.2, 0.25) is 5.91 Å². The molecule has 2 heterocycles. The molecule has 1 unspecified atom stereocenters. The van der Waals surface area contributed by atoms with Gasteiger partial charge in [-0.05, 0) is 26.7 Å². The third-order valence-electron chi connectivity index (χ3n) is 4.39. The van der Waals surface area contributed by atoms with E-state index in [4.69, 9.17) is 4.74 Å². The summed E-state index contributed by atoms with van der Waals surface area (Å²) in [6.07, 6.45) is 2.09. The Labute approximate surface area is 141 Å². The highest BCUT2D eigenvalue weighted by Crippen LogP contribution is 2.26. The van der Waals surface area contributed by atoms with Crippen LogP contribution in [-0.2, 0) is 14.3 Å². The number of aliphatic imine (C=N–C) groups is 1. The molecular weight excluding hydrogens is 306 g/mol. The van der Waals surface area contributed by atoms with E-state index in [1.807, 2.05) is 44.2 Å². The van der Waals surface area contributed by atoms with Crippen molar-refractivity contribution in [2.45, 2.75) is 38.5 Å². The van der Waals surface area contributed by atoms with Crippen molar-refractivity contribution in [1.29, 1.82) is 0 Å². The molecule has 1 fully saturated rings. The highest BCUT2D eigenvalue weighted by molar-refractivity contribution is 6.46. The van der Waals surface area contributed by atoms with E-state index in [2.05, 4.69) is 10.3 Å². The lowest BCUT2D eigenvalue weighted by Gasteiger charge is -2.29. The number of hydrogen-bond acceptors (Lipinski definition) is 4. The summed E-state index contributed by atoms with van der Waals surface area (Å²) in [5.41, 5.74) is 0.453. The van der Waals surface area contributed by atoms with E-state index in [0.29, 0.717) is 12.3 Å². The van der Waals surface area contributed by atoms with Crippen molar-refractivity contribution < 1.29 is 14.3 Å². The van der Waals surface area contributed by atoms with Gasteiger partial charge in [-0.1, -0.05) is 30.3 Å². The molecule has 24 heavy (non-hydrogen) atoms. The summed E-state index contributed by atoms with van der Waals surface area (Å²) in [6, 6.07) is 9.34. The van der Waals surface area contributed by atoms with Crippen LogP contribution in [-0.4, -0.2) is 53.9 Å². The first-order valence-electron chi connectivity index (χ1n) is 8.33. The second-order valence-electron chi connectivity index (χ2n) is 6.65. The first kappa shape index (κ1) is 16.6. The number of benzene rings is 1. The molecule has 0 bridgehead atoms. The molecule has 2 aliphatic heterocycles. The minimum absolute atomic E-state index is 0.00160. The number of nitrogens with one attached hydrogen (secondary N) is 1. The first-order chi connectivity index (χ1) is 11.5. The predicted molar refractivity (Wildman–Crippen MR) is 90.8 cm³/mol. The largest absolute Gasteiger partial charge is 0.376 e. The number of nitrogens with zero attached hydrogens (tertiary/aromatic N) is 2. The van der Waals surface area contributed by atoms with E-state index >= 15 is 0 Å². The van der Waals surface area contributed by atoms with E-state index in [0.717, 1.165) is 25.0 Å². The molecular formula is C18H23N3O3. The second-order valence-corrected chi connectivity index (χ2v) is 6.65. The minimum atomic E-state index is -0.733. The summed E-state index contributed by atoms with van der Waals surface area (Å²) >= 11 is 0. The number of hydrogen-bond donors (Lipinski definition) is 1. The maximum atomic E-state index is 12.7. The highest BCUT2D eigenvalue weighted by Gasteiger charge is 2.41. The molecule has 0 saturated carbocycles. The standard InChI is InChI=1S/C18H23N3O3/c1-18(2)20-16(13-7-4-3-5-8-13)17(23)21(18)12-15(22)19-11-14-9-6-10-24-14/h3-5,7-8,14H,6,9-12H2,1-2H3,(H,19,22). The van der Waals surface area contributed by atoms with Gasteiger partial charge in [-0.3, -0.25) is 14.6 Å². The lowest BCUT2D eigenvalue weighted by Crippen LogP contribution is -2.49. The molecule has 3 rings (SSSR count). The fourth-order valence-electron chi connectivity index (χ4n) is 3.04. The van der Waals surface area contributed by atoms with Crippen LogP contribution in [0.3, 0.4) is 0 Å². The smallest absolute Gasteiger partial charge is 0.275 e. The number of carbonyl (C=O) groups is 2. The van der Waals surface area contributed by atoms with Crippen molar-refractivity contribution in [2.24, 2.45) is 4.99 Å². The first-order valence-corrected chi connectivity index (χ1v) is 8.33. The summed E-state index contributed by atoms with van der Waals surface area (Å²) in [6.45, 7) is 4.93. The minimum Gasteiger partial charge on any atom is -0.376 e. The Morgan fingerprint density at radius 1 is 1.38 bits per heavy atom. The van der Waals surface area contributed by atoms with Crippen LogP contribution in [0.4, 0.5) is 0 Å². The Hall–Kier alpha value is -2.21. The van der Waals surface area contributed by atoms with Gasteiger partial charge in [-0.25, -0.2) is 0 Å². The van der Waals surface area contributed by atoms with E-state index < -0.39 is 5.66 Å². The average Bonchev–Trinajstić information content (AvgIpc) is 3.16. The van der Waals surface area contributed by atoms with Crippen molar-refractivity contribution in [3.8, 4) is 0 Å². The van der Waals surface area contributed by atoms with Gasteiger partial charge in [-0.15, -0.1) is 0 Å². The van der Waals surface area contributed by atoms with Crippen molar-refractivity contribution in [1.82, 2.24) is 10.2 Å². The molecule has 0 aromatic heterocycles. The van der Waals surface area contributed by atoms with Crippen molar-refractivity contribution in [3.05, 3.63) is 35.9 Å².